The molecule has 0 saturated heterocycles. The van der Waals surface area contributed by atoms with Crippen LogP contribution in [0.3, 0.4) is 0 Å². The maximum absolute atomic E-state index is 14.5. The zero-order valence-electron chi connectivity index (χ0n) is 17.8. The van der Waals surface area contributed by atoms with Crippen molar-refractivity contribution in [1.29, 1.82) is 0 Å². The van der Waals surface area contributed by atoms with Gasteiger partial charge in [-0.3, -0.25) is 0 Å². The van der Waals surface area contributed by atoms with Gasteiger partial charge >= 0.3 is 6.18 Å². The standard InChI is InChI=1S/C25H28F6/c1-15-11-16(2)24(23(28)12-15)19-7-5-17(6-8-19)3-4-18-13-21(26)20(22(27)14-18)9-10-25(29,30)31/h9-14,16-17,19,24H,3-8H2,1-2H3/b10-9+. The van der Waals surface area contributed by atoms with Gasteiger partial charge in [-0.25, -0.2) is 13.2 Å². The van der Waals surface area contributed by atoms with Crippen LogP contribution >= 0.6 is 0 Å². The monoisotopic (exact) mass is 442 g/mol. The smallest absolute Gasteiger partial charge is 0.211 e. The fraction of sp³-hybridized carbons (Fsp3) is 0.520. The molecular formula is C25H28F6. The summed E-state index contributed by atoms with van der Waals surface area (Å²) in [6.45, 7) is 3.97. The zero-order chi connectivity index (χ0) is 22.8. The maximum atomic E-state index is 14.5. The fourth-order valence-electron chi connectivity index (χ4n) is 5.11. The predicted molar refractivity (Wildman–Crippen MR) is 111 cm³/mol. The van der Waals surface area contributed by atoms with Crippen LogP contribution in [0.5, 0.6) is 0 Å². The van der Waals surface area contributed by atoms with E-state index in [1.54, 1.807) is 6.08 Å². The Labute approximate surface area is 179 Å². The quantitative estimate of drug-likeness (QED) is 0.402. The van der Waals surface area contributed by atoms with Crippen molar-refractivity contribution in [3.05, 3.63) is 64.5 Å². The van der Waals surface area contributed by atoms with Gasteiger partial charge in [-0.15, -0.1) is 0 Å². The summed E-state index contributed by atoms with van der Waals surface area (Å²) >= 11 is 0. The Balaban J connectivity index is 1.54. The van der Waals surface area contributed by atoms with Crippen LogP contribution in [0.25, 0.3) is 6.08 Å². The van der Waals surface area contributed by atoms with Gasteiger partial charge in [0.2, 0.25) is 0 Å². The van der Waals surface area contributed by atoms with Crippen molar-refractivity contribution in [3.63, 3.8) is 0 Å². The average Bonchev–Trinajstić information content (AvgIpc) is 2.65. The summed E-state index contributed by atoms with van der Waals surface area (Å²) < 4.78 is 79.5. The van der Waals surface area contributed by atoms with Gasteiger partial charge in [0.25, 0.3) is 0 Å². The lowest BCUT2D eigenvalue weighted by Gasteiger charge is -2.37. The van der Waals surface area contributed by atoms with E-state index in [-0.39, 0.29) is 23.7 Å². The highest BCUT2D eigenvalue weighted by molar-refractivity contribution is 5.52. The molecule has 2 unspecified atom stereocenters. The number of hydrogen-bond acceptors (Lipinski definition) is 0. The van der Waals surface area contributed by atoms with Crippen molar-refractivity contribution in [3.8, 4) is 0 Å². The summed E-state index contributed by atoms with van der Waals surface area (Å²) in [5.41, 5.74) is 0.730. The Morgan fingerprint density at radius 2 is 1.61 bits per heavy atom. The molecule has 0 aromatic heterocycles. The minimum Gasteiger partial charge on any atom is -0.211 e. The molecule has 0 aliphatic heterocycles. The van der Waals surface area contributed by atoms with Crippen molar-refractivity contribution in [2.24, 2.45) is 23.7 Å². The Hall–Kier alpha value is -1.98. The van der Waals surface area contributed by atoms with Crippen LogP contribution in [0.1, 0.15) is 57.1 Å². The lowest BCUT2D eigenvalue weighted by Crippen LogP contribution is -2.28. The van der Waals surface area contributed by atoms with Gasteiger partial charge in [-0.05, 0) is 80.2 Å². The summed E-state index contributed by atoms with van der Waals surface area (Å²) in [5, 5.41) is 0. The largest absolute Gasteiger partial charge is 0.409 e. The van der Waals surface area contributed by atoms with Crippen molar-refractivity contribution in [1.82, 2.24) is 0 Å². The summed E-state index contributed by atoms with van der Waals surface area (Å²) in [4.78, 5) is 0. The molecule has 0 heterocycles. The highest BCUT2D eigenvalue weighted by Crippen LogP contribution is 2.44. The lowest BCUT2D eigenvalue weighted by atomic mass is 9.69. The summed E-state index contributed by atoms with van der Waals surface area (Å²) in [6, 6.07) is 2.23. The molecule has 170 valence electrons. The fourth-order valence-corrected chi connectivity index (χ4v) is 5.11. The van der Waals surface area contributed by atoms with E-state index in [0.717, 1.165) is 49.8 Å². The number of alkyl halides is 3. The molecule has 2 aliphatic carbocycles. The molecule has 0 bridgehead atoms. The summed E-state index contributed by atoms with van der Waals surface area (Å²) in [5.74, 6) is -1.18. The third kappa shape index (κ3) is 6.27. The second-order valence-electron chi connectivity index (χ2n) is 8.99. The highest BCUT2D eigenvalue weighted by Gasteiger charge is 2.34. The van der Waals surface area contributed by atoms with E-state index in [1.165, 1.54) is 0 Å². The molecule has 31 heavy (non-hydrogen) atoms. The second kappa shape index (κ2) is 9.66. The number of hydrogen-bond donors (Lipinski definition) is 0. The molecule has 2 atom stereocenters. The average molecular weight is 442 g/mol. The SMILES string of the molecule is CC1=CC(C)C(C2CCC(CCc3cc(F)c(/C=C/C(F)(F)F)c(F)c3)CC2)C(F)=C1. The number of benzene rings is 1. The topological polar surface area (TPSA) is 0 Å². The Morgan fingerprint density at radius 3 is 2.16 bits per heavy atom. The first-order valence-electron chi connectivity index (χ1n) is 10.8. The molecule has 0 N–H and O–H groups in total. The zero-order valence-corrected chi connectivity index (χ0v) is 17.8. The summed E-state index contributed by atoms with van der Waals surface area (Å²) in [6.07, 6.45) is 4.34. The van der Waals surface area contributed by atoms with E-state index >= 15 is 0 Å². The van der Waals surface area contributed by atoms with E-state index in [9.17, 15) is 26.3 Å². The Kier molecular flexibility index (Phi) is 7.38. The number of allylic oxidation sites excluding steroid dienone is 5. The van der Waals surface area contributed by atoms with Crippen LogP contribution in [0.2, 0.25) is 0 Å². The van der Waals surface area contributed by atoms with Gasteiger partial charge in [0.1, 0.15) is 17.5 Å². The molecule has 1 aromatic rings. The van der Waals surface area contributed by atoms with Crippen molar-refractivity contribution in [2.75, 3.05) is 0 Å². The molecule has 6 heteroatoms. The van der Waals surface area contributed by atoms with Crippen LogP contribution in [0, 0.1) is 35.3 Å². The molecule has 3 rings (SSSR count). The Morgan fingerprint density at radius 1 is 1.00 bits per heavy atom. The normalized spacial score (nSPS) is 27.4. The third-order valence-corrected chi connectivity index (χ3v) is 6.59. The molecule has 2 aliphatic rings. The molecule has 1 aromatic carbocycles. The molecule has 0 radical (unpaired) electrons. The molecular weight excluding hydrogens is 414 g/mol. The van der Waals surface area contributed by atoms with Gasteiger partial charge in [0, 0.05) is 17.6 Å². The molecule has 1 fully saturated rings. The van der Waals surface area contributed by atoms with Crippen LogP contribution in [-0.4, -0.2) is 6.18 Å². The van der Waals surface area contributed by atoms with Gasteiger partial charge in [-0.1, -0.05) is 31.4 Å². The molecule has 0 spiro atoms. The van der Waals surface area contributed by atoms with Gasteiger partial charge in [0.15, 0.2) is 0 Å². The number of aryl methyl sites for hydroxylation is 1. The van der Waals surface area contributed by atoms with Crippen LogP contribution in [0.4, 0.5) is 26.3 Å². The Bertz CT molecular complexity index is 845. The first-order valence-corrected chi connectivity index (χ1v) is 10.8. The van der Waals surface area contributed by atoms with Crippen LogP contribution in [0.15, 0.2) is 41.8 Å². The van der Waals surface area contributed by atoms with Gasteiger partial charge in [0.05, 0.1) is 0 Å². The summed E-state index contributed by atoms with van der Waals surface area (Å²) in [7, 11) is 0. The molecule has 0 nitrogen and oxygen atoms in total. The van der Waals surface area contributed by atoms with Crippen molar-refractivity contribution < 1.29 is 26.3 Å². The van der Waals surface area contributed by atoms with Crippen LogP contribution in [-0.2, 0) is 6.42 Å². The highest BCUT2D eigenvalue weighted by atomic mass is 19.4. The van der Waals surface area contributed by atoms with Crippen molar-refractivity contribution >= 4 is 6.08 Å². The molecule has 1 saturated carbocycles. The number of rotatable bonds is 5. The maximum Gasteiger partial charge on any atom is 0.409 e. The first-order chi connectivity index (χ1) is 14.5. The van der Waals surface area contributed by atoms with Gasteiger partial charge in [-0.2, -0.15) is 13.2 Å². The minimum absolute atomic E-state index is 0.0263. The first kappa shape index (κ1) is 23.7. The van der Waals surface area contributed by atoms with E-state index in [2.05, 4.69) is 13.0 Å². The lowest BCUT2D eigenvalue weighted by molar-refractivity contribution is -0.0790. The van der Waals surface area contributed by atoms with E-state index < -0.39 is 23.4 Å². The minimum atomic E-state index is -4.63. The van der Waals surface area contributed by atoms with E-state index in [0.29, 0.717) is 29.9 Å². The molecule has 0 amide bonds. The van der Waals surface area contributed by atoms with Crippen molar-refractivity contribution in [2.45, 2.75) is 58.5 Å². The number of halogens is 6. The van der Waals surface area contributed by atoms with E-state index in [1.807, 2.05) is 6.92 Å². The van der Waals surface area contributed by atoms with Gasteiger partial charge < -0.3 is 0 Å². The second-order valence-corrected chi connectivity index (χ2v) is 8.99. The van der Waals surface area contributed by atoms with E-state index in [4.69, 9.17) is 0 Å². The third-order valence-electron chi connectivity index (χ3n) is 6.59. The van der Waals surface area contributed by atoms with Crippen LogP contribution < -0.4 is 0 Å². The predicted octanol–water partition coefficient (Wildman–Crippen LogP) is 8.34.